The molecule has 2 aromatic carbocycles. The summed E-state index contributed by atoms with van der Waals surface area (Å²) in [6, 6.07) is 2.37. The van der Waals surface area contributed by atoms with Gasteiger partial charge >= 0.3 is 23.3 Å². The topological polar surface area (TPSA) is 170 Å². The number of nitro groups is 2. The smallest absolute Gasteiger partial charge is 0.344 e. The molecule has 2 rings (SSSR count). The van der Waals surface area contributed by atoms with Gasteiger partial charge in [-0.15, -0.1) is 0 Å². The lowest BCUT2D eigenvalue weighted by molar-refractivity contribution is -0.387. The molecule has 17 heteroatoms. The summed E-state index contributed by atoms with van der Waals surface area (Å²) in [6.45, 7) is 0. The van der Waals surface area contributed by atoms with E-state index in [1.165, 1.54) is 0 Å². The zero-order valence-corrected chi connectivity index (χ0v) is 20.5. The summed E-state index contributed by atoms with van der Waals surface area (Å²) in [5, 5.41) is 35.8. The summed E-state index contributed by atoms with van der Waals surface area (Å²) < 4.78 is 56.0. The van der Waals surface area contributed by atoms with Crippen molar-refractivity contribution in [3.63, 3.8) is 0 Å². The molecule has 0 aliphatic carbocycles. The minimum atomic E-state index is -1.89. The van der Waals surface area contributed by atoms with Crippen molar-refractivity contribution in [2.24, 2.45) is 0 Å². The van der Waals surface area contributed by atoms with Gasteiger partial charge in [0.2, 0.25) is 11.6 Å². The summed E-state index contributed by atoms with van der Waals surface area (Å²) in [5.41, 5.74) is -4.42. The fraction of sp³-hybridized carbons (Fsp3) is 0.125. The van der Waals surface area contributed by atoms with Crippen LogP contribution in [0.3, 0.4) is 0 Å². The first-order valence-corrected chi connectivity index (χ1v) is 13.9. The van der Waals surface area contributed by atoms with E-state index in [0.717, 1.165) is 14.2 Å². The molecule has 0 atom stereocenters. The molecule has 0 amide bonds. The van der Waals surface area contributed by atoms with E-state index in [1.54, 1.807) is 0 Å². The molecule has 0 heterocycles. The lowest BCUT2D eigenvalue weighted by atomic mass is 10.1. The highest BCUT2D eigenvalue weighted by Gasteiger charge is 2.27. The number of hydrogen-bond donors (Lipinski definition) is 2. The number of aliphatic hydroxyl groups is 1. The highest BCUT2D eigenvalue weighted by molar-refractivity contribution is 15.0. The molecular formula is C16H12F4I2N2O9. The maximum absolute atomic E-state index is 13.2. The van der Waals surface area contributed by atoms with Gasteiger partial charge < -0.3 is 14.9 Å². The standard InChI is InChI=1S/C8H5F2NO4.C7H3F2NO4.CH4O.I2/c1-15-8(12)6-4(9)2-3-5(7(6)10)11(13)14;8-3-1-2-4(10(13)14)6(9)5(3)7(11)12;2*1-2/h2-3H,1H3;1-2H,(H,11,12);2H,1H3;. The predicted molar refractivity (Wildman–Crippen MR) is 121 cm³/mol. The van der Waals surface area contributed by atoms with Crippen LogP contribution < -0.4 is 0 Å². The van der Waals surface area contributed by atoms with Crippen molar-refractivity contribution < 1.29 is 51.9 Å². The van der Waals surface area contributed by atoms with Crippen LogP contribution in [0.25, 0.3) is 0 Å². The van der Waals surface area contributed by atoms with Crippen LogP contribution in [0.4, 0.5) is 28.9 Å². The molecule has 0 saturated heterocycles. The van der Waals surface area contributed by atoms with Crippen LogP contribution in [0.2, 0.25) is 0 Å². The van der Waals surface area contributed by atoms with Gasteiger partial charge in [-0.05, 0) is 12.1 Å². The molecule has 0 spiro atoms. The summed E-state index contributed by atoms with van der Waals surface area (Å²) in [7, 11) is 1.92. The Morgan fingerprint density at radius 3 is 1.48 bits per heavy atom. The molecule has 0 saturated carbocycles. The first kappa shape index (κ1) is 32.5. The Morgan fingerprint density at radius 1 is 0.848 bits per heavy atom. The molecule has 182 valence electrons. The zero-order chi connectivity index (χ0) is 26.5. The van der Waals surface area contributed by atoms with Crippen LogP contribution in [0.1, 0.15) is 20.7 Å². The van der Waals surface area contributed by atoms with E-state index in [4.69, 9.17) is 10.2 Å². The maximum Gasteiger partial charge on any atom is 0.344 e. The Morgan fingerprint density at radius 2 is 1.18 bits per heavy atom. The monoisotopic (exact) mass is 706 g/mol. The Labute approximate surface area is 205 Å². The highest BCUT2D eigenvalue weighted by atomic mass is 128. The third kappa shape index (κ3) is 9.00. The molecule has 0 unspecified atom stereocenters. The molecule has 0 bridgehead atoms. The van der Waals surface area contributed by atoms with Crippen LogP contribution in [-0.2, 0) is 4.74 Å². The fourth-order valence-corrected chi connectivity index (χ4v) is 1.85. The van der Waals surface area contributed by atoms with Gasteiger partial charge in [-0.1, -0.05) is 0 Å². The van der Waals surface area contributed by atoms with E-state index >= 15 is 0 Å². The second-order valence-electron chi connectivity index (χ2n) is 4.82. The quantitative estimate of drug-likeness (QED) is 0.152. The van der Waals surface area contributed by atoms with Crippen molar-refractivity contribution >= 4 is 60.5 Å². The molecule has 0 radical (unpaired) electrons. The summed E-state index contributed by atoms with van der Waals surface area (Å²) in [6.07, 6.45) is 0. The van der Waals surface area contributed by atoms with Crippen molar-refractivity contribution in [1.82, 2.24) is 0 Å². The number of ether oxygens (including phenoxy) is 1. The average molecular weight is 706 g/mol. The lowest BCUT2D eigenvalue weighted by Gasteiger charge is -2.02. The van der Waals surface area contributed by atoms with Crippen LogP contribution in [0.15, 0.2) is 24.3 Å². The number of nitrogens with zero attached hydrogens (tertiary/aromatic N) is 2. The number of rotatable bonds is 4. The SMILES string of the molecule is CO.COC(=O)c1c(F)ccc([N+](=O)[O-])c1F.II.O=C(O)c1c(F)ccc([N+](=O)[O-])c1F. The summed E-state index contributed by atoms with van der Waals surface area (Å²) in [4.78, 5) is 39.5. The third-order valence-electron chi connectivity index (χ3n) is 3.14. The third-order valence-corrected chi connectivity index (χ3v) is 3.14. The van der Waals surface area contributed by atoms with E-state index in [1.807, 2.05) is 0 Å². The molecule has 0 aliphatic rings. The van der Waals surface area contributed by atoms with Crippen LogP contribution in [0, 0.1) is 43.5 Å². The van der Waals surface area contributed by atoms with Crippen molar-refractivity contribution in [3.8, 4) is 0 Å². The normalized spacial score (nSPS) is 9.00. The minimum Gasteiger partial charge on any atom is -0.477 e. The van der Waals surface area contributed by atoms with Crippen molar-refractivity contribution in [2.45, 2.75) is 0 Å². The number of methoxy groups -OCH3 is 1. The Kier molecular flexibility index (Phi) is 15.8. The van der Waals surface area contributed by atoms with Gasteiger partial charge in [0.25, 0.3) is 0 Å². The number of carbonyl (C=O) groups excluding carboxylic acids is 1. The number of aliphatic hydroxyl groups excluding tert-OH is 1. The molecule has 33 heavy (non-hydrogen) atoms. The molecule has 2 aromatic rings. The van der Waals surface area contributed by atoms with Crippen LogP contribution >= 0.6 is 37.2 Å². The number of nitro benzene ring substituents is 2. The van der Waals surface area contributed by atoms with Crippen LogP contribution in [0.5, 0.6) is 0 Å². The van der Waals surface area contributed by atoms with Gasteiger partial charge in [0.15, 0.2) is 0 Å². The van der Waals surface area contributed by atoms with E-state index in [2.05, 4.69) is 42.0 Å². The zero-order valence-electron chi connectivity index (χ0n) is 16.2. The molecule has 0 aromatic heterocycles. The number of esters is 1. The molecule has 0 fully saturated rings. The van der Waals surface area contributed by atoms with Gasteiger partial charge in [-0.2, -0.15) is 8.78 Å². The lowest BCUT2D eigenvalue weighted by Crippen LogP contribution is -2.09. The van der Waals surface area contributed by atoms with Crippen LogP contribution in [-0.4, -0.2) is 46.2 Å². The van der Waals surface area contributed by atoms with E-state index in [9.17, 15) is 47.4 Å². The first-order chi connectivity index (χ1) is 15.4. The van der Waals surface area contributed by atoms with Crippen molar-refractivity contribution in [2.75, 3.05) is 14.2 Å². The van der Waals surface area contributed by atoms with E-state index < -0.39 is 67.6 Å². The second kappa shape index (κ2) is 16.0. The van der Waals surface area contributed by atoms with Gasteiger partial charge in [0.1, 0.15) is 22.8 Å². The number of carbonyl (C=O) groups is 2. The Balaban J connectivity index is 0. The second-order valence-corrected chi connectivity index (χ2v) is 4.82. The average Bonchev–Trinajstić information content (AvgIpc) is 2.76. The van der Waals surface area contributed by atoms with Gasteiger partial charge in [0, 0.05) is 56.5 Å². The molecule has 11 nitrogen and oxygen atoms in total. The number of aromatic carboxylic acids is 1. The summed E-state index contributed by atoms with van der Waals surface area (Å²) >= 11 is 4.24. The number of benzene rings is 2. The number of halogens is 6. The van der Waals surface area contributed by atoms with Crippen molar-refractivity contribution in [3.05, 3.63) is 78.9 Å². The predicted octanol–water partition coefficient (Wildman–Crippen LogP) is 4.61. The Bertz CT molecular complexity index is 1030. The molecule has 0 aliphatic heterocycles. The highest BCUT2D eigenvalue weighted by Crippen LogP contribution is 2.24. The minimum absolute atomic E-state index is 0.532. The first-order valence-electron chi connectivity index (χ1n) is 7.59. The molecule has 2 N–H and O–H groups in total. The maximum atomic E-state index is 13.2. The van der Waals surface area contributed by atoms with E-state index in [0.29, 0.717) is 24.3 Å². The Hall–Kier alpha value is -2.68. The number of hydrogen-bond acceptors (Lipinski definition) is 8. The van der Waals surface area contributed by atoms with Crippen molar-refractivity contribution in [1.29, 1.82) is 0 Å². The van der Waals surface area contributed by atoms with Gasteiger partial charge in [-0.25, -0.2) is 18.4 Å². The largest absolute Gasteiger partial charge is 0.477 e. The number of carboxylic acid groups (broad SMARTS) is 1. The summed E-state index contributed by atoms with van der Waals surface area (Å²) in [5.74, 6) is -8.95. The van der Waals surface area contributed by atoms with Gasteiger partial charge in [-0.3, -0.25) is 20.2 Å². The molecular weight excluding hydrogens is 694 g/mol. The van der Waals surface area contributed by atoms with E-state index in [-0.39, 0.29) is 0 Å². The fourth-order valence-electron chi connectivity index (χ4n) is 1.85. The van der Waals surface area contributed by atoms with Gasteiger partial charge in [0.05, 0.1) is 17.0 Å². The number of carboxylic acids is 1.